The van der Waals surface area contributed by atoms with Crippen molar-refractivity contribution in [2.45, 2.75) is 0 Å². The summed E-state index contributed by atoms with van der Waals surface area (Å²) in [4.78, 5) is 4.16. The lowest BCUT2D eigenvalue weighted by molar-refractivity contribution is 1.41. The van der Waals surface area contributed by atoms with Crippen LogP contribution in [0.2, 0.25) is 5.02 Å². The molecule has 0 fully saturated rings. The van der Waals surface area contributed by atoms with Crippen molar-refractivity contribution >= 4 is 40.5 Å². The van der Waals surface area contributed by atoms with Crippen LogP contribution >= 0.6 is 35.3 Å². The Kier molecular flexibility index (Phi) is 3.75. The van der Waals surface area contributed by atoms with Gasteiger partial charge in [-0.05, 0) is 12.1 Å². The molecule has 2 N–H and O–H groups in total. The van der Waals surface area contributed by atoms with Crippen LogP contribution in [0.3, 0.4) is 0 Å². The van der Waals surface area contributed by atoms with Crippen molar-refractivity contribution in [1.29, 1.82) is 0 Å². The zero-order valence-corrected chi connectivity index (χ0v) is 9.49. The second-order valence-electron chi connectivity index (χ2n) is 2.58. The third-order valence-corrected chi connectivity index (χ3v) is 2.59. The Hall–Kier alpha value is -0.770. The van der Waals surface area contributed by atoms with Crippen LogP contribution in [0.1, 0.15) is 0 Å². The van der Waals surface area contributed by atoms with Gasteiger partial charge in [-0.3, -0.25) is 0 Å². The van der Waals surface area contributed by atoms with Gasteiger partial charge in [-0.15, -0.1) is 23.7 Å². The predicted octanol–water partition coefficient (Wildman–Crippen LogP) is 3.47. The van der Waals surface area contributed by atoms with E-state index in [1.807, 2.05) is 29.6 Å². The molecule has 0 saturated heterocycles. The number of hydrogen-bond donors (Lipinski definition) is 1. The van der Waals surface area contributed by atoms with Crippen LogP contribution < -0.4 is 5.73 Å². The molecule has 0 aliphatic rings. The molecule has 5 heteroatoms. The van der Waals surface area contributed by atoms with Gasteiger partial charge in [0.25, 0.3) is 0 Å². The second-order valence-corrected chi connectivity index (χ2v) is 3.90. The van der Waals surface area contributed by atoms with Gasteiger partial charge in [0.05, 0.1) is 5.69 Å². The van der Waals surface area contributed by atoms with Gasteiger partial charge in [0, 0.05) is 16.0 Å². The van der Waals surface area contributed by atoms with Crippen molar-refractivity contribution in [3.05, 3.63) is 34.7 Å². The highest BCUT2D eigenvalue weighted by molar-refractivity contribution is 7.13. The highest BCUT2D eigenvalue weighted by Gasteiger charge is 2.01. The standard InChI is InChI=1S/C9H7ClN2S.ClH/c10-7-3-1-6(2-4-7)8-5-13-9(11)12-8;/h1-5H,(H2,11,12);1H. The number of rotatable bonds is 1. The molecule has 2 rings (SSSR count). The first-order chi connectivity index (χ1) is 6.25. The summed E-state index contributed by atoms with van der Waals surface area (Å²) in [6.07, 6.45) is 0. The molecule has 2 nitrogen and oxygen atoms in total. The van der Waals surface area contributed by atoms with Gasteiger partial charge in [-0.1, -0.05) is 23.7 Å². The minimum absolute atomic E-state index is 0. The first kappa shape index (κ1) is 11.3. The van der Waals surface area contributed by atoms with Crippen LogP contribution in [0.15, 0.2) is 29.6 Å². The summed E-state index contributed by atoms with van der Waals surface area (Å²) in [5.74, 6) is 0. The molecule has 0 aliphatic heterocycles. The van der Waals surface area contributed by atoms with E-state index in [1.54, 1.807) is 0 Å². The molecule has 2 aromatic rings. The molecule has 0 saturated carbocycles. The summed E-state index contributed by atoms with van der Waals surface area (Å²) in [6, 6.07) is 7.53. The van der Waals surface area contributed by atoms with E-state index in [2.05, 4.69) is 4.98 Å². The number of aromatic nitrogens is 1. The van der Waals surface area contributed by atoms with Gasteiger partial charge in [0.1, 0.15) is 0 Å². The minimum atomic E-state index is 0. The summed E-state index contributed by atoms with van der Waals surface area (Å²) < 4.78 is 0. The van der Waals surface area contributed by atoms with Crippen molar-refractivity contribution in [2.75, 3.05) is 5.73 Å². The second kappa shape index (κ2) is 4.64. The highest BCUT2D eigenvalue weighted by Crippen LogP contribution is 2.24. The number of nitrogens with zero attached hydrogens (tertiary/aromatic N) is 1. The fourth-order valence-corrected chi connectivity index (χ4v) is 1.74. The summed E-state index contributed by atoms with van der Waals surface area (Å²) >= 11 is 7.20. The topological polar surface area (TPSA) is 38.9 Å². The van der Waals surface area contributed by atoms with Gasteiger partial charge in [0.15, 0.2) is 5.13 Å². The normalized spacial score (nSPS) is 9.50. The van der Waals surface area contributed by atoms with Crippen molar-refractivity contribution in [2.24, 2.45) is 0 Å². The molecular formula is C9H8Cl2N2S. The number of thiazole rings is 1. The number of hydrogen-bond acceptors (Lipinski definition) is 3. The van der Waals surface area contributed by atoms with Crippen LogP contribution in [-0.4, -0.2) is 4.98 Å². The number of benzene rings is 1. The molecule has 0 amide bonds. The van der Waals surface area contributed by atoms with Crippen LogP contribution in [0.5, 0.6) is 0 Å². The summed E-state index contributed by atoms with van der Waals surface area (Å²) in [7, 11) is 0. The SMILES string of the molecule is Cl.Nc1nc(-c2ccc(Cl)cc2)cs1. The average molecular weight is 247 g/mol. The van der Waals surface area contributed by atoms with Crippen molar-refractivity contribution in [3.8, 4) is 11.3 Å². The van der Waals surface area contributed by atoms with Gasteiger partial charge < -0.3 is 5.73 Å². The van der Waals surface area contributed by atoms with E-state index in [4.69, 9.17) is 17.3 Å². The third-order valence-electron chi connectivity index (χ3n) is 1.66. The smallest absolute Gasteiger partial charge is 0.180 e. The van der Waals surface area contributed by atoms with E-state index in [0.717, 1.165) is 16.3 Å². The van der Waals surface area contributed by atoms with Crippen LogP contribution in [0.4, 0.5) is 5.13 Å². The molecular weight excluding hydrogens is 239 g/mol. The van der Waals surface area contributed by atoms with Gasteiger partial charge >= 0.3 is 0 Å². The lowest BCUT2D eigenvalue weighted by Crippen LogP contribution is -1.82. The molecule has 74 valence electrons. The van der Waals surface area contributed by atoms with Crippen LogP contribution in [-0.2, 0) is 0 Å². The lowest BCUT2D eigenvalue weighted by atomic mass is 10.2. The summed E-state index contributed by atoms with van der Waals surface area (Å²) in [5, 5.41) is 3.25. The fourth-order valence-electron chi connectivity index (χ4n) is 1.04. The monoisotopic (exact) mass is 246 g/mol. The zero-order valence-electron chi connectivity index (χ0n) is 7.11. The van der Waals surface area contributed by atoms with E-state index in [0.29, 0.717) is 5.13 Å². The lowest BCUT2D eigenvalue weighted by Gasteiger charge is -1.95. The Morgan fingerprint density at radius 1 is 1.21 bits per heavy atom. The van der Waals surface area contributed by atoms with Crippen LogP contribution in [0.25, 0.3) is 11.3 Å². The Bertz CT molecular complexity index is 411. The molecule has 1 heterocycles. The number of anilines is 1. The molecule has 1 aromatic heterocycles. The first-order valence-electron chi connectivity index (χ1n) is 3.72. The number of halogens is 2. The average Bonchev–Trinajstić information content (AvgIpc) is 2.53. The van der Waals surface area contributed by atoms with E-state index in [-0.39, 0.29) is 12.4 Å². The predicted molar refractivity (Wildman–Crippen MR) is 64.2 cm³/mol. The Morgan fingerprint density at radius 2 is 1.86 bits per heavy atom. The molecule has 0 unspecified atom stereocenters. The zero-order chi connectivity index (χ0) is 9.26. The molecule has 0 atom stereocenters. The number of nitrogens with two attached hydrogens (primary N) is 1. The molecule has 14 heavy (non-hydrogen) atoms. The van der Waals surface area contributed by atoms with Crippen molar-refractivity contribution < 1.29 is 0 Å². The maximum Gasteiger partial charge on any atom is 0.180 e. The fraction of sp³-hybridized carbons (Fsp3) is 0. The van der Waals surface area contributed by atoms with Crippen molar-refractivity contribution in [3.63, 3.8) is 0 Å². The summed E-state index contributed by atoms with van der Waals surface area (Å²) in [5.41, 5.74) is 7.47. The van der Waals surface area contributed by atoms with E-state index < -0.39 is 0 Å². The maximum absolute atomic E-state index is 5.76. The van der Waals surface area contributed by atoms with Gasteiger partial charge in [-0.25, -0.2) is 4.98 Å². The third kappa shape index (κ3) is 2.38. The summed E-state index contributed by atoms with van der Waals surface area (Å²) in [6.45, 7) is 0. The molecule has 0 bridgehead atoms. The Labute approximate surface area is 97.1 Å². The minimum Gasteiger partial charge on any atom is -0.375 e. The molecule has 0 spiro atoms. The Balaban J connectivity index is 0.000000980. The molecule has 1 aromatic carbocycles. The van der Waals surface area contributed by atoms with Gasteiger partial charge in [-0.2, -0.15) is 0 Å². The van der Waals surface area contributed by atoms with E-state index in [1.165, 1.54) is 11.3 Å². The van der Waals surface area contributed by atoms with E-state index >= 15 is 0 Å². The quantitative estimate of drug-likeness (QED) is 0.837. The molecule has 0 aliphatic carbocycles. The van der Waals surface area contributed by atoms with E-state index in [9.17, 15) is 0 Å². The first-order valence-corrected chi connectivity index (χ1v) is 4.98. The van der Waals surface area contributed by atoms with Gasteiger partial charge in [0.2, 0.25) is 0 Å². The van der Waals surface area contributed by atoms with Crippen LogP contribution in [0, 0.1) is 0 Å². The molecule has 0 radical (unpaired) electrons. The number of nitrogen functional groups attached to an aromatic ring is 1. The largest absolute Gasteiger partial charge is 0.375 e. The Morgan fingerprint density at radius 3 is 2.36 bits per heavy atom. The highest BCUT2D eigenvalue weighted by atomic mass is 35.5. The maximum atomic E-state index is 5.76. The van der Waals surface area contributed by atoms with Crippen molar-refractivity contribution in [1.82, 2.24) is 4.98 Å².